The first kappa shape index (κ1) is 21.5. The van der Waals surface area contributed by atoms with Crippen LogP contribution in [0.1, 0.15) is 16.7 Å². The number of imidazole rings is 1. The van der Waals surface area contributed by atoms with Gasteiger partial charge in [-0.2, -0.15) is 4.31 Å². The highest BCUT2D eigenvalue weighted by molar-refractivity contribution is 7.88. The van der Waals surface area contributed by atoms with Crippen molar-refractivity contribution in [3.05, 3.63) is 71.3 Å². The molecule has 0 bridgehead atoms. The second-order valence-corrected chi connectivity index (χ2v) is 10.4. The molecule has 0 atom stereocenters. The van der Waals surface area contributed by atoms with E-state index in [0.717, 1.165) is 56.2 Å². The van der Waals surface area contributed by atoms with Crippen LogP contribution in [0.5, 0.6) is 5.75 Å². The molecule has 0 spiro atoms. The van der Waals surface area contributed by atoms with E-state index >= 15 is 0 Å². The summed E-state index contributed by atoms with van der Waals surface area (Å²) in [7, 11) is -1.55. The van der Waals surface area contributed by atoms with Crippen molar-refractivity contribution >= 4 is 32.4 Å². The van der Waals surface area contributed by atoms with Crippen LogP contribution in [-0.4, -0.2) is 42.6 Å². The van der Waals surface area contributed by atoms with E-state index in [4.69, 9.17) is 9.72 Å². The zero-order valence-electron chi connectivity index (χ0n) is 18.8. The molecule has 0 amide bonds. The van der Waals surface area contributed by atoms with Gasteiger partial charge in [0.25, 0.3) is 0 Å². The summed E-state index contributed by atoms with van der Waals surface area (Å²) in [5.41, 5.74) is 8.10. The number of rotatable bonds is 5. The Bertz CT molecular complexity index is 1460. The summed E-state index contributed by atoms with van der Waals surface area (Å²) in [6.45, 7) is 2.97. The average molecular weight is 463 g/mol. The van der Waals surface area contributed by atoms with E-state index in [0.29, 0.717) is 19.5 Å². The van der Waals surface area contributed by atoms with Crippen molar-refractivity contribution in [2.45, 2.75) is 19.9 Å². The van der Waals surface area contributed by atoms with E-state index in [2.05, 4.69) is 35.4 Å². The fourth-order valence-electron chi connectivity index (χ4n) is 4.34. The molecule has 2 N–H and O–H groups in total. The van der Waals surface area contributed by atoms with Gasteiger partial charge in [-0.05, 0) is 60.4 Å². The van der Waals surface area contributed by atoms with Crippen molar-refractivity contribution in [1.82, 2.24) is 14.3 Å². The van der Waals surface area contributed by atoms with E-state index in [1.165, 1.54) is 10.6 Å². The Hall–Kier alpha value is -3.36. The molecule has 170 valence electrons. The number of sulfonamides is 1. The monoisotopic (exact) mass is 462 g/mol. The number of anilines is 2. The quantitative estimate of drug-likeness (QED) is 0.452. The lowest BCUT2D eigenvalue weighted by Crippen LogP contribution is -2.35. The molecule has 8 heteroatoms. The molecule has 0 aliphatic carbocycles. The molecular formula is C25H26N4O3S. The topological polar surface area (TPSA) is 87.3 Å². The fourth-order valence-corrected chi connectivity index (χ4v) is 5.13. The first-order valence-corrected chi connectivity index (χ1v) is 12.6. The SMILES string of the molecule is COc1ccc2nc(-c3cc(Nc4cccc5c4CCN(S(C)(=O)=O)C5)ccc3C)[nH]c2c1. The summed E-state index contributed by atoms with van der Waals surface area (Å²) in [5.74, 6) is 1.59. The van der Waals surface area contributed by atoms with Crippen molar-refractivity contribution in [1.29, 1.82) is 0 Å². The summed E-state index contributed by atoms with van der Waals surface area (Å²) >= 11 is 0. The molecule has 0 fully saturated rings. The van der Waals surface area contributed by atoms with Gasteiger partial charge in [0, 0.05) is 36.1 Å². The molecule has 5 rings (SSSR count). The van der Waals surface area contributed by atoms with E-state index in [1.54, 1.807) is 7.11 Å². The Balaban J connectivity index is 1.47. The highest BCUT2D eigenvalue weighted by Crippen LogP contribution is 2.32. The van der Waals surface area contributed by atoms with Crippen LogP contribution in [0.2, 0.25) is 0 Å². The normalized spacial score (nSPS) is 14.3. The number of benzene rings is 3. The Kier molecular flexibility index (Phi) is 5.34. The van der Waals surface area contributed by atoms with Crippen LogP contribution in [-0.2, 0) is 23.0 Å². The average Bonchev–Trinajstić information content (AvgIpc) is 3.22. The van der Waals surface area contributed by atoms with Crippen LogP contribution in [0, 0.1) is 6.92 Å². The number of methoxy groups -OCH3 is 1. The van der Waals surface area contributed by atoms with Crippen molar-refractivity contribution in [2.24, 2.45) is 0 Å². The fraction of sp³-hybridized carbons (Fsp3) is 0.240. The minimum absolute atomic E-state index is 0.408. The number of nitrogens with one attached hydrogen (secondary N) is 2. The number of fused-ring (bicyclic) bond motifs is 2. The van der Waals surface area contributed by atoms with Gasteiger partial charge in [0.05, 0.1) is 24.4 Å². The molecule has 0 saturated carbocycles. The third-order valence-electron chi connectivity index (χ3n) is 6.16. The number of hydrogen-bond donors (Lipinski definition) is 2. The van der Waals surface area contributed by atoms with Crippen LogP contribution in [0.3, 0.4) is 0 Å². The van der Waals surface area contributed by atoms with Gasteiger partial charge in [-0.15, -0.1) is 0 Å². The van der Waals surface area contributed by atoms with Gasteiger partial charge < -0.3 is 15.0 Å². The van der Waals surface area contributed by atoms with Crippen LogP contribution in [0.25, 0.3) is 22.4 Å². The van der Waals surface area contributed by atoms with Gasteiger partial charge in [-0.3, -0.25) is 0 Å². The van der Waals surface area contributed by atoms with Gasteiger partial charge >= 0.3 is 0 Å². The standard InChI is InChI=1S/C25H26N4O3S/c1-16-7-8-18(13-21(16)25-27-23-10-9-19(32-2)14-24(23)28-25)26-22-6-4-5-17-15-29(33(3,30)31)12-11-20(17)22/h4-10,13-14,26H,11-12,15H2,1-3H3,(H,27,28). The van der Waals surface area contributed by atoms with Gasteiger partial charge in [0.2, 0.25) is 10.0 Å². The minimum Gasteiger partial charge on any atom is -0.497 e. The maximum atomic E-state index is 12.0. The Labute approximate surface area is 193 Å². The molecule has 3 aromatic carbocycles. The van der Waals surface area contributed by atoms with Crippen LogP contribution >= 0.6 is 0 Å². The van der Waals surface area contributed by atoms with Gasteiger partial charge in [-0.1, -0.05) is 18.2 Å². The Morgan fingerprint density at radius 3 is 2.76 bits per heavy atom. The molecule has 1 aliphatic rings. The lowest BCUT2D eigenvalue weighted by atomic mass is 9.98. The van der Waals surface area contributed by atoms with Crippen molar-refractivity contribution in [2.75, 3.05) is 25.2 Å². The first-order chi connectivity index (χ1) is 15.8. The molecule has 4 aromatic rings. The third-order valence-corrected chi connectivity index (χ3v) is 7.41. The van der Waals surface area contributed by atoms with Crippen LogP contribution in [0.15, 0.2) is 54.6 Å². The Morgan fingerprint density at radius 2 is 1.97 bits per heavy atom. The summed E-state index contributed by atoms with van der Waals surface area (Å²) in [5, 5.41) is 3.55. The molecule has 0 saturated heterocycles. The minimum atomic E-state index is -3.20. The third kappa shape index (κ3) is 4.19. The molecule has 0 unspecified atom stereocenters. The lowest BCUT2D eigenvalue weighted by molar-refractivity contribution is 0.395. The van der Waals surface area contributed by atoms with Gasteiger partial charge in [-0.25, -0.2) is 13.4 Å². The number of hydrogen-bond acceptors (Lipinski definition) is 5. The predicted octanol–water partition coefficient (Wildman–Crippen LogP) is 4.61. The Morgan fingerprint density at radius 1 is 1.12 bits per heavy atom. The van der Waals surface area contributed by atoms with Crippen molar-refractivity contribution in [3.8, 4) is 17.1 Å². The van der Waals surface area contributed by atoms with Crippen LogP contribution < -0.4 is 10.1 Å². The molecule has 2 heterocycles. The predicted molar refractivity (Wildman–Crippen MR) is 132 cm³/mol. The van der Waals surface area contributed by atoms with Gasteiger partial charge in [0.1, 0.15) is 11.6 Å². The number of nitrogens with zero attached hydrogens (tertiary/aromatic N) is 2. The molecule has 0 radical (unpaired) electrons. The maximum Gasteiger partial charge on any atom is 0.211 e. The number of H-pyrrole nitrogens is 1. The molecule has 7 nitrogen and oxygen atoms in total. The van der Waals surface area contributed by atoms with E-state index in [-0.39, 0.29) is 0 Å². The molecule has 1 aromatic heterocycles. The summed E-state index contributed by atoms with van der Waals surface area (Å²) in [4.78, 5) is 8.17. The van der Waals surface area contributed by atoms with Crippen molar-refractivity contribution < 1.29 is 13.2 Å². The summed E-state index contributed by atoms with van der Waals surface area (Å²) in [6.07, 6.45) is 1.94. The smallest absolute Gasteiger partial charge is 0.211 e. The van der Waals surface area contributed by atoms with Crippen LogP contribution in [0.4, 0.5) is 11.4 Å². The van der Waals surface area contributed by atoms with Crippen molar-refractivity contribution in [3.63, 3.8) is 0 Å². The molecule has 1 aliphatic heterocycles. The number of aromatic nitrogens is 2. The van der Waals surface area contributed by atoms with E-state index in [9.17, 15) is 8.42 Å². The second-order valence-electron chi connectivity index (χ2n) is 8.41. The second kappa shape index (κ2) is 8.20. The zero-order chi connectivity index (χ0) is 23.2. The maximum absolute atomic E-state index is 12.0. The van der Waals surface area contributed by atoms with E-state index in [1.807, 2.05) is 36.4 Å². The largest absolute Gasteiger partial charge is 0.497 e. The highest BCUT2D eigenvalue weighted by atomic mass is 32.2. The lowest BCUT2D eigenvalue weighted by Gasteiger charge is -2.28. The zero-order valence-corrected chi connectivity index (χ0v) is 19.7. The highest BCUT2D eigenvalue weighted by Gasteiger charge is 2.24. The molecular weight excluding hydrogens is 436 g/mol. The molecule has 33 heavy (non-hydrogen) atoms. The number of aromatic amines is 1. The first-order valence-electron chi connectivity index (χ1n) is 10.8. The summed E-state index contributed by atoms with van der Waals surface area (Å²) in [6, 6.07) is 18.0. The van der Waals surface area contributed by atoms with E-state index < -0.39 is 10.0 Å². The van der Waals surface area contributed by atoms with Gasteiger partial charge in [0.15, 0.2) is 0 Å². The summed E-state index contributed by atoms with van der Waals surface area (Å²) < 4.78 is 30.8. The number of aryl methyl sites for hydroxylation is 1. The number of ether oxygens (including phenoxy) is 1.